The van der Waals surface area contributed by atoms with Crippen LogP contribution in [0.2, 0.25) is 0 Å². The molecule has 0 aliphatic rings. The summed E-state index contributed by atoms with van der Waals surface area (Å²) in [5, 5.41) is 9.61. The van der Waals surface area contributed by atoms with Gasteiger partial charge in [-0.1, -0.05) is 30.3 Å². The SMILES string of the molecule is CCN(CCOc1ccccc1O)c1ccccc1. The van der Waals surface area contributed by atoms with Crippen molar-refractivity contribution in [3.63, 3.8) is 0 Å². The van der Waals surface area contributed by atoms with Crippen LogP contribution in [0.25, 0.3) is 0 Å². The molecule has 2 aromatic rings. The molecule has 3 heteroatoms. The maximum atomic E-state index is 9.61. The fourth-order valence-electron chi connectivity index (χ4n) is 1.95. The third kappa shape index (κ3) is 3.65. The van der Waals surface area contributed by atoms with E-state index in [1.54, 1.807) is 18.2 Å². The second-order valence-electron chi connectivity index (χ2n) is 4.23. The molecule has 2 aromatic carbocycles. The van der Waals surface area contributed by atoms with Gasteiger partial charge in [0.15, 0.2) is 11.5 Å². The minimum absolute atomic E-state index is 0.185. The number of nitrogens with zero attached hydrogens (tertiary/aromatic N) is 1. The molecule has 0 saturated heterocycles. The van der Waals surface area contributed by atoms with E-state index in [1.165, 1.54) is 5.69 Å². The van der Waals surface area contributed by atoms with Crippen molar-refractivity contribution in [2.24, 2.45) is 0 Å². The second-order valence-corrected chi connectivity index (χ2v) is 4.23. The molecular weight excluding hydrogens is 238 g/mol. The molecule has 0 heterocycles. The highest BCUT2D eigenvalue weighted by Crippen LogP contribution is 2.24. The molecule has 0 bridgehead atoms. The summed E-state index contributed by atoms with van der Waals surface area (Å²) in [4.78, 5) is 2.24. The minimum Gasteiger partial charge on any atom is -0.504 e. The topological polar surface area (TPSA) is 32.7 Å². The Morgan fingerprint density at radius 2 is 1.68 bits per heavy atom. The van der Waals surface area contributed by atoms with Crippen LogP contribution in [-0.2, 0) is 0 Å². The zero-order valence-corrected chi connectivity index (χ0v) is 11.1. The van der Waals surface area contributed by atoms with E-state index in [2.05, 4.69) is 24.0 Å². The van der Waals surface area contributed by atoms with Crippen molar-refractivity contribution in [1.29, 1.82) is 0 Å². The number of ether oxygens (including phenoxy) is 1. The highest BCUT2D eigenvalue weighted by Gasteiger charge is 2.05. The summed E-state index contributed by atoms with van der Waals surface area (Å²) < 4.78 is 5.60. The molecule has 0 amide bonds. The van der Waals surface area contributed by atoms with Gasteiger partial charge in [-0.25, -0.2) is 0 Å². The van der Waals surface area contributed by atoms with Gasteiger partial charge in [0.05, 0.1) is 6.54 Å². The van der Waals surface area contributed by atoms with E-state index in [0.29, 0.717) is 12.4 Å². The van der Waals surface area contributed by atoms with Crippen molar-refractivity contribution >= 4 is 5.69 Å². The van der Waals surface area contributed by atoms with E-state index < -0.39 is 0 Å². The fourth-order valence-corrected chi connectivity index (χ4v) is 1.95. The number of rotatable bonds is 6. The molecule has 0 spiro atoms. The maximum absolute atomic E-state index is 9.61. The predicted molar refractivity (Wildman–Crippen MR) is 77.9 cm³/mol. The van der Waals surface area contributed by atoms with Crippen LogP contribution in [0.15, 0.2) is 54.6 Å². The number of para-hydroxylation sites is 3. The van der Waals surface area contributed by atoms with Crippen LogP contribution in [0, 0.1) is 0 Å². The predicted octanol–water partition coefficient (Wildman–Crippen LogP) is 3.30. The van der Waals surface area contributed by atoms with Gasteiger partial charge >= 0.3 is 0 Å². The summed E-state index contributed by atoms with van der Waals surface area (Å²) in [6.45, 7) is 4.37. The van der Waals surface area contributed by atoms with Gasteiger partial charge in [0, 0.05) is 12.2 Å². The number of phenolic OH excluding ortho intramolecular Hbond substituents is 1. The van der Waals surface area contributed by atoms with Crippen LogP contribution in [-0.4, -0.2) is 24.8 Å². The van der Waals surface area contributed by atoms with Crippen molar-refractivity contribution in [1.82, 2.24) is 0 Å². The molecule has 0 aromatic heterocycles. The lowest BCUT2D eigenvalue weighted by molar-refractivity contribution is 0.305. The molecule has 0 aliphatic heterocycles. The van der Waals surface area contributed by atoms with Crippen molar-refractivity contribution < 1.29 is 9.84 Å². The van der Waals surface area contributed by atoms with E-state index >= 15 is 0 Å². The molecule has 1 N–H and O–H groups in total. The normalized spacial score (nSPS) is 10.2. The number of hydrogen-bond donors (Lipinski definition) is 1. The third-order valence-electron chi connectivity index (χ3n) is 2.99. The average molecular weight is 257 g/mol. The summed E-state index contributed by atoms with van der Waals surface area (Å²) in [6, 6.07) is 17.3. The highest BCUT2D eigenvalue weighted by molar-refractivity contribution is 5.45. The van der Waals surface area contributed by atoms with Crippen LogP contribution >= 0.6 is 0 Å². The Labute approximate surface area is 114 Å². The fraction of sp³-hybridized carbons (Fsp3) is 0.250. The third-order valence-corrected chi connectivity index (χ3v) is 2.99. The molecule has 19 heavy (non-hydrogen) atoms. The Bertz CT molecular complexity index is 499. The summed E-state index contributed by atoms with van der Waals surface area (Å²) in [6.07, 6.45) is 0. The van der Waals surface area contributed by atoms with Crippen molar-refractivity contribution in [3.05, 3.63) is 54.6 Å². The quantitative estimate of drug-likeness (QED) is 0.862. The van der Waals surface area contributed by atoms with Crippen LogP contribution in [0.4, 0.5) is 5.69 Å². The molecule has 0 atom stereocenters. The van der Waals surface area contributed by atoms with Crippen molar-refractivity contribution in [2.45, 2.75) is 6.92 Å². The first kappa shape index (κ1) is 13.3. The molecule has 0 saturated carbocycles. The number of likely N-dealkylation sites (N-methyl/N-ethyl adjacent to an activating group) is 1. The number of phenols is 1. The summed E-state index contributed by atoms with van der Waals surface area (Å²) in [5.74, 6) is 0.719. The van der Waals surface area contributed by atoms with Crippen LogP contribution in [0.5, 0.6) is 11.5 Å². The number of anilines is 1. The van der Waals surface area contributed by atoms with Gasteiger partial charge in [-0.3, -0.25) is 0 Å². The zero-order chi connectivity index (χ0) is 13.5. The standard InChI is InChI=1S/C16H19NO2/c1-2-17(14-8-4-3-5-9-14)12-13-19-16-11-7-6-10-15(16)18/h3-11,18H,2,12-13H2,1H3. The first-order chi connectivity index (χ1) is 9.31. The van der Waals surface area contributed by atoms with Gasteiger partial charge in [-0.05, 0) is 31.2 Å². The number of benzene rings is 2. The first-order valence-electron chi connectivity index (χ1n) is 6.52. The van der Waals surface area contributed by atoms with Gasteiger partial charge in [0.25, 0.3) is 0 Å². The molecule has 3 nitrogen and oxygen atoms in total. The van der Waals surface area contributed by atoms with E-state index in [9.17, 15) is 5.11 Å². The Morgan fingerprint density at radius 1 is 1.00 bits per heavy atom. The lowest BCUT2D eigenvalue weighted by Crippen LogP contribution is -2.27. The monoisotopic (exact) mass is 257 g/mol. The lowest BCUT2D eigenvalue weighted by atomic mass is 10.3. The molecule has 2 rings (SSSR count). The highest BCUT2D eigenvalue weighted by atomic mass is 16.5. The molecule has 0 aliphatic carbocycles. The largest absolute Gasteiger partial charge is 0.504 e. The number of hydrogen-bond acceptors (Lipinski definition) is 3. The second kappa shape index (κ2) is 6.69. The van der Waals surface area contributed by atoms with Gasteiger partial charge in [-0.15, -0.1) is 0 Å². The lowest BCUT2D eigenvalue weighted by Gasteiger charge is -2.23. The van der Waals surface area contributed by atoms with E-state index in [0.717, 1.165) is 13.1 Å². The summed E-state index contributed by atoms with van der Waals surface area (Å²) in [7, 11) is 0. The van der Waals surface area contributed by atoms with Crippen molar-refractivity contribution in [3.8, 4) is 11.5 Å². The Balaban J connectivity index is 1.89. The molecule has 0 unspecified atom stereocenters. The Hall–Kier alpha value is -2.16. The molecule has 100 valence electrons. The van der Waals surface area contributed by atoms with Crippen LogP contribution in [0.1, 0.15) is 6.92 Å². The van der Waals surface area contributed by atoms with Gasteiger partial charge in [0.2, 0.25) is 0 Å². The van der Waals surface area contributed by atoms with Gasteiger partial charge in [0.1, 0.15) is 6.61 Å². The Morgan fingerprint density at radius 3 is 2.37 bits per heavy atom. The zero-order valence-electron chi connectivity index (χ0n) is 11.1. The number of aromatic hydroxyl groups is 1. The van der Waals surface area contributed by atoms with Crippen molar-refractivity contribution in [2.75, 3.05) is 24.6 Å². The van der Waals surface area contributed by atoms with Gasteiger partial charge < -0.3 is 14.7 Å². The first-order valence-corrected chi connectivity index (χ1v) is 6.52. The van der Waals surface area contributed by atoms with E-state index in [4.69, 9.17) is 4.74 Å². The minimum atomic E-state index is 0.185. The Kier molecular flexibility index (Phi) is 4.67. The molecule has 0 radical (unpaired) electrons. The summed E-state index contributed by atoms with van der Waals surface area (Å²) >= 11 is 0. The molecule has 0 fully saturated rings. The van der Waals surface area contributed by atoms with Crippen LogP contribution in [0.3, 0.4) is 0 Å². The van der Waals surface area contributed by atoms with E-state index in [1.807, 2.05) is 24.3 Å². The van der Waals surface area contributed by atoms with Gasteiger partial charge in [-0.2, -0.15) is 0 Å². The van der Waals surface area contributed by atoms with E-state index in [-0.39, 0.29) is 5.75 Å². The average Bonchev–Trinajstić information content (AvgIpc) is 2.46. The maximum Gasteiger partial charge on any atom is 0.161 e. The summed E-state index contributed by atoms with van der Waals surface area (Å²) in [5.41, 5.74) is 1.19. The van der Waals surface area contributed by atoms with Crippen LogP contribution < -0.4 is 9.64 Å². The molecular formula is C16H19NO2. The smallest absolute Gasteiger partial charge is 0.161 e.